The van der Waals surface area contributed by atoms with Gasteiger partial charge in [0.15, 0.2) is 0 Å². The minimum atomic E-state index is -4.44. The Hall–Kier alpha value is -2.06. The van der Waals surface area contributed by atoms with Crippen molar-refractivity contribution in [2.24, 2.45) is 0 Å². The summed E-state index contributed by atoms with van der Waals surface area (Å²) in [5.74, 6) is -0.616. The molecule has 0 fully saturated rings. The minimum absolute atomic E-state index is 0.527. The van der Waals surface area contributed by atoms with Gasteiger partial charge < -0.3 is 19.5 Å². The van der Waals surface area contributed by atoms with E-state index in [2.05, 4.69) is 33.4 Å². The number of halogens is 3. The summed E-state index contributed by atoms with van der Waals surface area (Å²) in [6.07, 6.45) is -2.44. The van der Waals surface area contributed by atoms with E-state index in [4.69, 9.17) is 0 Å². The number of carbonyl (C=O) groups excluding carboxylic acids is 1. The van der Waals surface area contributed by atoms with E-state index >= 15 is 0 Å². The molecule has 2 rings (SSSR count). The molecule has 1 aromatic heterocycles. The van der Waals surface area contributed by atoms with E-state index in [1.807, 2.05) is 18.3 Å². The monoisotopic (exact) mass is 371 g/mol. The first-order valence-electron chi connectivity index (χ1n) is 8.58. The lowest BCUT2D eigenvalue weighted by atomic mass is 10.2. The maximum atomic E-state index is 12.0. The van der Waals surface area contributed by atoms with Crippen LogP contribution in [0.2, 0.25) is 0 Å². The second-order valence-corrected chi connectivity index (χ2v) is 5.97. The fraction of sp³-hybridized carbons (Fsp3) is 0.500. The van der Waals surface area contributed by atoms with Crippen LogP contribution in [-0.4, -0.2) is 54.4 Å². The van der Waals surface area contributed by atoms with Crippen LogP contribution < -0.4 is 5.32 Å². The Morgan fingerprint density at radius 2 is 1.96 bits per heavy atom. The minimum Gasteiger partial charge on any atom is -0.362 e. The van der Waals surface area contributed by atoms with E-state index in [9.17, 15) is 18.0 Å². The number of alkyl halides is 3. The number of amides is 1. The Balaban J connectivity index is 1.94. The van der Waals surface area contributed by atoms with Crippen LogP contribution in [0.3, 0.4) is 0 Å². The Morgan fingerprint density at radius 3 is 2.62 bits per heavy atom. The number of aromatic nitrogens is 1. The molecule has 0 aliphatic heterocycles. The number of rotatable bonds is 9. The molecule has 0 saturated heterocycles. The molecule has 1 aromatic carbocycles. The quantitative estimate of drug-likeness (QED) is 0.734. The summed E-state index contributed by atoms with van der Waals surface area (Å²) >= 11 is 0. The largest absolute Gasteiger partial charge is 0.411 e. The molecule has 0 atom stereocenters. The molecule has 144 valence electrons. The third kappa shape index (κ3) is 6.03. The van der Waals surface area contributed by atoms with Crippen molar-refractivity contribution in [2.45, 2.75) is 26.6 Å². The topological polar surface area (TPSA) is 46.5 Å². The van der Waals surface area contributed by atoms with Crippen LogP contribution in [0, 0.1) is 0 Å². The van der Waals surface area contributed by atoms with Crippen molar-refractivity contribution in [3.05, 3.63) is 30.5 Å². The van der Waals surface area contributed by atoms with Gasteiger partial charge in [-0.15, -0.1) is 0 Å². The molecule has 0 aliphatic carbocycles. The fourth-order valence-corrected chi connectivity index (χ4v) is 2.72. The Morgan fingerprint density at radius 1 is 1.23 bits per heavy atom. The Bertz CT molecular complexity index is 724. The zero-order valence-electron chi connectivity index (χ0n) is 15.0. The van der Waals surface area contributed by atoms with Crippen LogP contribution in [0.1, 0.15) is 13.8 Å². The van der Waals surface area contributed by atoms with Crippen LogP contribution in [0.25, 0.3) is 10.9 Å². The molecular formula is C18H24F3N3O2. The van der Waals surface area contributed by atoms with E-state index in [1.54, 1.807) is 12.1 Å². The summed E-state index contributed by atoms with van der Waals surface area (Å²) in [5, 5.41) is 3.51. The molecule has 26 heavy (non-hydrogen) atoms. The van der Waals surface area contributed by atoms with Crippen molar-refractivity contribution in [1.29, 1.82) is 0 Å². The van der Waals surface area contributed by atoms with Gasteiger partial charge in [0, 0.05) is 35.9 Å². The summed E-state index contributed by atoms with van der Waals surface area (Å²) in [6, 6.07) is 7.37. The van der Waals surface area contributed by atoms with Crippen molar-refractivity contribution in [2.75, 3.05) is 38.2 Å². The lowest BCUT2D eigenvalue weighted by Crippen LogP contribution is -2.26. The zero-order chi connectivity index (χ0) is 19.2. The molecule has 0 bridgehead atoms. The molecule has 0 radical (unpaired) electrons. The number of carbonyl (C=O) groups is 1. The third-order valence-corrected chi connectivity index (χ3v) is 4.11. The Kier molecular flexibility index (Phi) is 7.05. The molecule has 0 spiro atoms. The number of nitrogens with zero attached hydrogens (tertiary/aromatic N) is 2. The third-order valence-electron chi connectivity index (χ3n) is 4.11. The number of anilines is 1. The normalized spacial score (nSPS) is 12.1. The highest BCUT2D eigenvalue weighted by Crippen LogP contribution is 2.21. The zero-order valence-corrected chi connectivity index (χ0v) is 15.0. The van der Waals surface area contributed by atoms with Crippen LogP contribution in [0.15, 0.2) is 30.5 Å². The van der Waals surface area contributed by atoms with E-state index in [0.717, 1.165) is 37.1 Å². The second kappa shape index (κ2) is 9.05. The first-order valence-corrected chi connectivity index (χ1v) is 8.58. The summed E-state index contributed by atoms with van der Waals surface area (Å²) in [4.78, 5) is 14.0. The van der Waals surface area contributed by atoms with Crippen LogP contribution in [-0.2, 0) is 16.1 Å². The van der Waals surface area contributed by atoms with Crippen molar-refractivity contribution >= 4 is 22.5 Å². The van der Waals surface area contributed by atoms with Gasteiger partial charge in [-0.05, 0) is 37.4 Å². The number of ether oxygens (including phenoxy) is 1. The maximum absolute atomic E-state index is 12.0. The number of hydrogen-bond acceptors (Lipinski definition) is 3. The van der Waals surface area contributed by atoms with E-state index in [1.165, 1.54) is 0 Å². The van der Waals surface area contributed by atoms with E-state index in [-0.39, 0.29) is 0 Å². The van der Waals surface area contributed by atoms with E-state index in [0.29, 0.717) is 5.69 Å². The first kappa shape index (κ1) is 20.3. The number of hydrogen-bond donors (Lipinski definition) is 1. The molecular weight excluding hydrogens is 347 g/mol. The fourth-order valence-electron chi connectivity index (χ4n) is 2.72. The molecule has 1 heterocycles. The van der Waals surface area contributed by atoms with Gasteiger partial charge in [-0.25, -0.2) is 0 Å². The smallest absolute Gasteiger partial charge is 0.362 e. The van der Waals surface area contributed by atoms with Gasteiger partial charge in [0.1, 0.15) is 13.2 Å². The lowest BCUT2D eigenvalue weighted by molar-refractivity contribution is -0.174. The second-order valence-electron chi connectivity index (χ2n) is 5.97. The Labute approximate surface area is 150 Å². The maximum Gasteiger partial charge on any atom is 0.411 e. The van der Waals surface area contributed by atoms with Crippen molar-refractivity contribution in [3.8, 4) is 0 Å². The number of fused-ring (bicyclic) bond motifs is 1. The average Bonchev–Trinajstić information content (AvgIpc) is 2.97. The standard InChI is InChI=1S/C18H24F3N3O2/c1-3-23(4-2)9-10-24-8-7-14-11-15(5-6-16(14)24)22-17(25)12-26-13-18(19,20)21/h5-8,11H,3-4,9-10,12-13H2,1-2H3,(H,22,25). The summed E-state index contributed by atoms with van der Waals surface area (Å²) in [6.45, 7) is 6.01. The van der Waals surface area contributed by atoms with Gasteiger partial charge in [-0.2, -0.15) is 13.2 Å². The van der Waals surface area contributed by atoms with Gasteiger partial charge in [0.25, 0.3) is 0 Å². The average molecular weight is 371 g/mol. The van der Waals surface area contributed by atoms with Gasteiger partial charge in [0.05, 0.1) is 0 Å². The van der Waals surface area contributed by atoms with Crippen LogP contribution >= 0.6 is 0 Å². The van der Waals surface area contributed by atoms with Gasteiger partial charge >= 0.3 is 6.18 Å². The molecule has 2 aromatic rings. The molecule has 0 unspecified atom stereocenters. The number of benzene rings is 1. The summed E-state index contributed by atoms with van der Waals surface area (Å²) < 4.78 is 42.5. The highest BCUT2D eigenvalue weighted by molar-refractivity contribution is 5.94. The van der Waals surface area contributed by atoms with Crippen LogP contribution in [0.5, 0.6) is 0 Å². The molecule has 1 amide bonds. The predicted octanol–water partition coefficient (Wildman–Crippen LogP) is 3.50. The summed E-state index contributed by atoms with van der Waals surface area (Å²) in [7, 11) is 0. The summed E-state index contributed by atoms with van der Waals surface area (Å²) in [5.41, 5.74) is 1.57. The van der Waals surface area contributed by atoms with Crippen molar-refractivity contribution in [3.63, 3.8) is 0 Å². The predicted molar refractivity (Wildman–Crippen MR) is 95.2 cm³/mol. The van der Waals surface area contributed by atoms with Gasteiger partial charge in [0.2, 0.25) is 5.91 Å². The van der Waals surface area contributed by atoms with Crippen molar-refractivity contribution < 1.29 is 22.7 Å². The molecule has 8 heteroatoms. The highest BCUT2D eigenvalue weighted by Gasteiger charge is 2.27. The number of nitrogens with one attached hydrogen (secondary N) is 1. The van der Waals surface area contributed by atoms with Crippen LogP contribution in [0.4, 0.5) is 18.9 Å². The van der Waals surface area contributed by atoms with E-state index < -0.39 is 25.3 Å². The van der Waals surface area contributed by atoms with Gasteiger partial charge in [-0.3, -0.25) is 4.79 Å². The lowest BCUT2D eigenvalue weighted by Gasteiger charge is -2.18. The molecule has 5 nitrogen and oxygen atoms in total. The molecule has 0 aliphatic rings. The SMILES string of the molecule is CCN(CC)CCn1ccc2cc(NC(=O)COCC(F)(F)F)ccc21. The first-order chi connectivity index (χ1) is 12.3. The van der Waals surface area contributed by atoms with Gasteiger partial charge in [-0.1, -0.05) is 13.8 Å². The van der Waals surface area contributed by atoms with Crippen molar-refractivity contribution in [1.82, 2.24) is 9.47 Å². The molecule has 0 saturated carbocycles. The molecule has 1 N–H and O–H groups in total. The number of likely N-dealkylation sites (N-methyl/N-ethyl adjacent to an activating group) is 1. The highest BCUT2D eigenvalue weighted by atomic mass is 19.4.